The summed E-state index contributed by atoms with van der Waals surface area (Å²) in [7, 11) is -0.665. The molecule has 0 aromatic carbocycles. The molecule has 6 amide bonds. The van der Waals surface area contributed by atoms with Crippen LogP contribution in [0, 0.1) is 0 Å². The topological polar surface area (TPSA) is 153 Å². The quantitative estimate of drug-likeness (QED) is 0.179. The minimum atomic E-state index is -2.39. The number of piperazine rings is 1. The van der Waals surface area contributed by atoms with Crippen LogP contribution in [0.2, 0.25) is 18.1 Å². The van der Waals surface area contributed by atoms with Crippen LogP contribution in [0.3, 0.4) is 0 Å². The molecule has 1 aromatic rings. The summed E-state index contributed by atoms with van der Waals surface area (Å²) in [6.45, 7) is 12.7. The van der Waals surface area contributed by atoms with Crippen molar-refractivity contribution in [3.8, 4) is 0 Å². The van der Waals surface area contributed by atoms with Gasteiger partial charge in [-0.1, -0.05) is 20.8 Å². The Bertz CT molecular complexity index is 1190. The van der Waals surface area contributed by atoms with Gasteiger partial charge < -0.3 is 19.6 Å². The molecule has 14 nitrogen and oxygen atoms in total. The van der Waals surface area contributed by atoms with Crippen molar-refractivity contribution in [1.82, 2.24) is 34.9 Å². The van der Waals surface area contributed by atoms with E-state index in [-0.39, 0.29) is 31.2 Å². The number of nitrogens with one attached hydrogen (secondary N) is 1. The van der Waals surface area contributed by atoms with Crippen LogP contribution in [-0.2, 0) is 21.2 Å². The first-order valence-corrected chi connectivity index (χ1v) is 15.5. The van der Waals surface area contributed by atoms with E-state index in [0.29, 0.717) is 28.6 Å². The zero-order valence-electron chi connectivity index (χ0n) is 22.9. The van der Waals surface area contributed by atoms with Crippen LogP contribution in [0.1, 0.15) is 51.0 Å². The number of hydroxylamine groups is 2. The summed E-state index contributed by atoms with van der Waals surface area (Å²) in [5, 5.41) is 22.5. The Hall–Kier alpha value is -3.46. The van der Waals surface area contributed by atoms with E-state index in [0.717, 1.165) is 4.90 Å². The highest BCUT2D eigenvalue weighted by atomic mass is 28.4. The van der Waals surface area contributed by atoms with Gasteiger partial charge >= 0.3 is 23.9 Å². The van der Waals surface area contributed by atoms with Crippen molar-refractivity contribution < 1.29 is 28.9 Å². The lowest BCUT2D eigenvalue weighted by Crippen LogP contribution is -2.58. The first-order valence-electron chi connectivity index (χ1n) is 12.6. The second-order valence-electron chi connectivity index (χ2n) is 11.2. The van der Waals surface area contributed by atoms with E-state index in [1.54, 1.807) is 24.9 Å². The zero-order valence-corrected chi connectivity index (χ0v) is 23.9. The fraction of sp³-hybridized carbons (Fsp3) is 0.652. The first-order chi connectivity index (χ1) is 17.7. The fourth-order valence-electron chi connectivity index (χ4n) is 4.51. The molecule has 2 N–H and O–H groups in total. The van der Waals surface area contributed by atoms with Crippen molar-refractivity contribution in [1.29, 1.82) is 0 Å². The van der Waals surface area contributed by atoms with Crippen LogP contribution in [0.4, 0.5) is 9.59 Å². The molecule has 2 fully saturated rings. The lowest BCUT2D eigenvalue weighted by atomic mass is 9.94. The molecule has 0 radical (unpaired) electrons. The number of likely N-dealkylation sites (N-methyl/N-ethyl adjacent to an activating group) is 1. The third kappa shape index (κ3) is 4.53. The van der Waals surface area contributed by atoms with E-state index < -0.39 is 44.3 Å². The number of hydrogen-bond donors (Lipinski definition) is 2. The number of urea groups is 2. The Morgan fingerprint density at radius 2 is 1.92 bits per heavy atom. The van der Waals surface area contributed by atoms with Crippen LogP contribution in [0.25, 0.3) is 0 Å². The summed E-state index contributed by atoms with van der Waals surface area (Å²) >= 11 is 0. The van der Waals surface area contributed by atoms with E-state index in [2.05, 4.69) is 36.3 Å². The van der Waals surface area contributed by atoms with E-state index in [4.69, 9.17) is 4.53 Å². The molecular formula is C23H36N8O6Si. The van der Waals surface area contributed by atoms with Gasteiger partial charge in [0.05, 0.1) is 25.0 Å². The molecule has 2 saturated heterocycles. The summed E-state index contributed by atoms with van der Waals surface area (Å²) in [5.41, 5.74) is 1.62. The molecular weight excluding hydrogens is 512 g/mol. The molecule has 0 unspecified atom stereocenters. The van der Waals surface area contributed by atoms with Gasteiger partial charge in [0, 0.05) is 32.2 Å². The summed E-state index contributed by atoms with van der Waals surface area (Å²) in [6.07, 6.45) is 1.61. The molecule has 208 valence electrons. The van der Waals surface area contributed by atoms with Crippen LogP contribution in [0.5, 0.6) is 0 Å². The minimum absolute atomic E-state index is 0.0677. The summed E-state index contributed by atoms with van der Waals surface area (Å²) in [6, 6.07) is -2.69. The van der Waals surface area contributed by atoms with Gasteiger partial charge in [0.25, 0.3) is 8.32 Å². The monoisotopic (exact) mass is 548 g/mol. The Morgan fingerprint density at radius 3 is 2.55 bits per heavy atom. The van der Waals surface area contributed by atoms with Crippen molar-refractivity contribution in [2.24, 2.45) is 12.2 Å². The number of fused-ring (bicyclic) bond motifs is 4. The maximum absolute atomic E-state index is 13.0. The molecule has 2 bridgehead atoms. The molecule has 2 atom stereocenters. The van der Waals surface area contributed by atoms with Crippen LogP contribution in [0.15, 0.2) is 11.4 Å². The van der Waals surface area contributed by atoms with Gasteiger partial charge in [-0.05, 0) is 25.1 Å². The van der Waals surface area contributed by atoms with E-state index >= 15 is 0 Å². The van der Waals surface area contributed by atoms with Gasteiger partial charge in [-0.2, -0.15) is 10.2 Å². The number of aromatic nitrogens is 2. The number of hydrogen-bond acceptors (Lipinski definition) is 8. The van der Waals surface area contributed by atoms with Gasteiger partial charge in [-0.25, -0.2) is 9.59 Å². The Kier molecular flexibility index (Phi) is 7.03. The molecule has 3 aliphatic rings. The van der Waals surface area contributed by atoms with Gasteiger partial charge in [0.2, 0.25) is 0 Å². The van der Waals surface area contributed by atoms with Crippen LogP contribution < -0.4 is 5.32 Å². The highest BCUT2D eigenvalue weighted by molar-refractivity contribution is 6.74. The minimum Gasteiger partial charge on any atom is -0.455 e. The van der Waals surface area contributed by atoms with Gasteiger partial charge in [-0.15, -0.1) is 5.16 Å². The van der Waals surface area contributed by atoms with Gasteiger partial charge in [0.15, 0.2) is 0 Å². The predicted molar refractivity (Wildman–Crippen MR) is 138 cm³/mol. The third-order valence-corrected chi connectivity index (χ3v) is 12.1. The van der Waals surface area contributed by atoms with Crippen LogP contribution >= 0.6 is 0 Å². The van der Waals surface area contributed by atoms with Gasteiger partial charge in [-0.3, -0.25) is 24.4 Å². The Labute approximate surface area is 222 Å². The molecule has 15 heteroatoms. The number of nitrogens with zero attached hydrogens (tertiary/aromatic N) is 7. The lowest BCUT2D eigenvalue weighted by Gasteiger charge is -2.36. The molecule has 1 aromatic heterocycles. The molecule has 0 spiro atoms. The maximum atomic E-state index is 13.0. The Morgan fingerprint density at radius 1 is 1.24 bits per heavy atom. The first kappa shape index (κ1) is 27.6. The average molecular weight is 549 g/mol. The molecule has 4 heterocycles. The maximum Gasteiger partial charge on any atom is 0.345 e. The second kappa shape index (κ2) is 9.69. The van der Waals surface area contributed by atoms with Crippen LogP contribution in [-0.4, -0.2) is 105 Å². The number of carbonyl (C=O) groups excluding carboxylic acids is 4. The summed E-state index contributed by atoms with van der Waals surface area (Å²) in [5.74, 6) is -1.63. The fourth-order valence-corrected chi connectivity index (χ4v) is 5.13. The smallest absolute Gasteiger partial charge is 0.345 e. The standard InChI is InChI=1S/C23H36N8O6Si/c1-8-28-9-10-29(20(33)19(28)32)21(34)24-12-15(26-37-38(6,7)23(2,3)4)18-17-14(11-25-27(17)5)16-13-30(18)22(35)31(16)36/h11,16,18,36H,8-10,12-13H2,1-7H3,(H,24,34)/b26-15+/t16-,18+/m0/s1. The highest BCUT2D eigenvalue weighted by Gasteiger charge is 2.51. The summed E-state index contributed by atoms with van der Waals surface area (Å²) < 4.78 is 7.76. The third-order valence-electron chi connectivity index (χ3n) is 7.92. The largest absolute Gasteiger partial charge is 0.455 e. The molecule has 0 aliphatic carbocycles. The van der Waals surface area contributed by atoms with E-state index in [1.807, 2.05) is 13.1 Å². The molecule has 4 rings (SSSR count). The highest BCUT2D eigenvalue weighted by Crippen LogP contribution is 2.43. The van der Waals surface area contributed by atoms with Crippen molar-refractivity contribution in [3.05, 3.63) is 17.5 Å². The Balaban J connectivity index is 1.66. The lowest BCUT2D eigenvalue weighted by molar-refractivity contribution is -0.153. The molecule has 0 saturated carbocycles. The second-order valence-corrected chi connectivity index (χ2v) is 15.9. The number of imide groups is 1. The van der Waals surface area contributed by atoms with Crippen molar-refractivity contribution in [2.45, 2.75) is 57.9 Å². The van der Waals surface area contributed by atoms with E-state index in [9.17, 15) is 24.4 Å². The van der Waals surface area contributed by atoms with Crippen molar-refractivity contribution >= 4 is 37.9 Å². The zero-order chi connectivity index (χ0) is 28.2. The summed E-state index contributed by atoms with van der Waals surface area (Å²) in [4.78, 5) is 54.5. The number of rotatable bonds is 6. The number of aryl methyl sites for hydroxylation is 1. The van der Waals surface area contributed by atoms with Crippen molar-refractivity contribution in [2.75, 3.05) is 32.7 Å². The van der Waals surface area contributed by atoms with Gasteiger partial charge in [0.1, 0.15) is 17.8 Å². The SMILES string of the molecule is CCN1CCN(C(=O)NC/C(=N\O[Si](C)(C)C(C)(C)C)[C@@H]2c3c(cnn3C)[C@@H]3CN2C(=O)N3O)C(=O)C1=O. The number of carbonyl (C=O) groups is 4. The number of amides is 6. The normalized spacial score (nSPS) is 22.3. The molecule has 38 heavy (non-hydrogen) atoms. The number of oxime groups is 1. The van der Waals surface area contributed by atoms with E-state index in [1.165, 1.54) is 9.80 Å². The van der Waals surface area contributed by atoms with Crippen molar-refractivity contribution in [3.63, 3.8) is 0 Å². The molecule has 3 aliphatic heterocycles. The predicted octanol–water partition coefficient (Wildman–Crippen LogP) is 1.42. The average Bonchev–Trinajstić information content (AvgIpc) is 3.35.